The number of rotatable bonds is 7. The third-order valence-electron chi connectivity index (χ3n) is 3.42. The second-order valence-electron chi connectivity index (χ2n) is 5.66. The highest BCUT2D eigenvalue weighted by molar-refractivity contribution is 9.10. The summed E-state index contributed by atoms with van der Waals surface area (Å²) < 4.78 is 1.23. The Kier molecular flexibility index (Phi) is 6.74. The molecule has 2 rings (SSSR count). The van der Waals surface area contributed by atoms with Crippen molar-refractivity contribution in [1.82, 2.24) is 5.32 Å². The number of hydrogen-bond acceptors (Lipinski definition) is 2. The van der Waals surface area contributed by atoms with Gasteiger partial charge in [0.1, 0.15) is 0 Å². The zero-order valence-corrected chi connectivity index (χ0v) is 15.6. The molecule has 1 aromatic carbocycles. The van der Waals surface area contributed by atoms with Gasteiger partial charge in [-0.1, -0.05) is 37.6 Å². The van der Waals surface area contributed by atoms with Crippen LogP contribution in [0.15, 0.2) is 40.2 Å². The molecule has 0 bridgehead atoms. The predicted octanol–water partition coefficient (Wildman–Crippen LogP) is 5.56. The van der Waals surface area contributed by atoms with Gasteiger partial charge in [0, 0.05) is 20.4 Å². The van der Waals surface area contributed by atoms with Gasteiger partial charge in [0.15, 0.2) is 0 Å². The van der Waals surface area contributed by atoms with E-state index in [4.69, 9.17) is 11.6 Å². The fourth-order valence-electron chi connectivity index (χ4n) is 2.31. The normalized spacial score (nSPS) is 12.8. The minimum absolute atomic E-state index is 0.518. The SMILES string of the molecule is CC(C)NCC(Cc1ccc(Cl)cc1)Cc1sccc1Br. The lowest BCUT2D eigenvalue weighted by atomic mass is 9.95. The molecule has 21 heavy (non-hydrogen) atoms. The van der Waals surface area contributed by atoms with Crippen LogP contribution in [0, 0.1) is 5.92 Å². The summed E-state index contributed by atoms with van der Waals surface area (Å²) in [7, 11) is 0. The molecule has 0 saturated heterocycles. The molecule has 0 aliphatic carbocycles. The van der Waals surface area contributed by atoms with Gasteiger partial charge in [-0.2, -0.15) is 0 Å². The van der Waals surface area contributed by atoms with Crippen LogP contribution in [0.3, 0.4) is 0 Å². The Morgan fingerprint density at radius 2 is 1.86 bits per heavy atom. The van der Waals surface area contributed by atoms with Gasteiger partial charge in [0.2, 0.25) is 0 Å². The summed E-state index contributed by atoms with van der Waals surface area (Å²) in [4.78, 5) is 1.43. The molecule has 1 nitrogen and oxygen atoms in total. The van der Waals surface area contributed by atoms with Crippen molar-refractivity contribution in [2.24, 2.45) is 5.92 Å². The molecular formula is C17H21BrClNS. The number of halogens is 2. The molecule has 1 N–H and O–H groups in total. The van der Waals surface area contributed by atoms with Crippen LogP contribution in [0.4, 0.5) is 0 Å². The first-order valence-electron chi connectivity index (χ1n) is 7.24. The maximum Gasteiger partial charge on any atom is 0.0406 e. The molecule has 1 atom stereocenters. The summed E-state index contributed by atoms with van der Waals surface area (Å²) in [5.74, 6) is 0.587. The van der Waals surface area contributed by atoms with Crippen LogP contribution < -0.4 is 5.32 Å². The van der Waals surface area contributed by atoms with Crippen LogP contribution in [0.5, 0.6) is 0 Å². The molecule has 1 unspecified atom stereocenters. The Morgan fingerprint density at radius 3 is 2.43 bits per heavy atom. The van der Waals surface area contributed by atoms with Gasteiger partial charge < -0.3 is 5.32 Å². The Morgan fingerprint density at radius 1 is 1.14 bits per heavy atom. The Labute approximate surface area is 144 Å². The standard InChI is InChI=1S/C17H21BrClNS/c1-12(2)20-11-14(10-17-16(18)7-8-21-17)9-13-3-5-15(19)6-4-13/h3-8,12,14,20H,9-11H2,1-2H3. The lowest BCUT2D eigenvalue weighted by Crippen LogP contribution is -2.31. The molecule has 0 spiro atoms. The van der Waals surface area contributed by atoms with E-state index in [1.807, 2.05) is 23.5 Å². The predicted molar refractivity (Wildman–Crippen MR) is 97.5 cm³/mol. The molecular weight excluding hydrogens is 366 g/mol. The minimum Gasteiger partial charge on any atom is -0.314 e. The van der Waals surface area contributed by atoms with Crippen molar-refractivity contribution in [3.05, 3.63) is 55.6 Å². The van der Waals surface area contributed by atoms with Crippen molar-refractivity contribution in [1.29, 1.82) is 0 Å². The fourth-order valence-corrected chi connectivity index (χ4v) is 4.06. The van der Waals surface area contributed by atoms with Gasteiger partial charge in [-0.15, -0.1) is 11.3 Å². The van der Waals surface area contributed by atoms with E-state index in [0.29, 0.717) is 12.0 Å². The second kappa shape index (κ2) is 8.33. The highest BCUT2D eigenvalue weighted by Gasteiger charge is 2.14. The number of thiophene rings is 1. The second-order valence-corrected chi connectivity index (χ2v) is 7.95. The highest BCUT2D eigenvalue weighted by atomic mass is 79.9. The van der Waals surface area contributed by atoms with E-state index in [9.17, 15) is 0 Å². The van der Waals surface area contributed by atoms with E-state index >= 15 is 0 Å². The summed E-state index contributed by atoms with van der Waals surface area (Å²) in [5.41, 5.74) is 1.35. The molecule has 0 aliphatic rings. The summed E-state index contributed by atoms with van der Waals surface area (Å²) >= 11 is 11.4. The Hall–Kier alpha value is -0.350. The first-order valence-corrected chi connectivity index (χ1v) is 9.29. The molecule has 0 radical (unpaired) electrons. The van der Waals surface area contributed by atoms with Crippen LogP contribution in [-0.2, 0) is 12.8 Å². The molecule has 1 aromatic heterocycles. The Bertz CT molecular complexity index is 550. The summed E-state index contributed by atoms with van der Waals surface area (Å²) in [6, 6.07) is 10.9. The zero-order valence-electron chi connectivity index (χ0n) is 12.4. The molecule has 0 saturated carbocycles. The van der Waals surface area contributed by atoms with E-state index in [-0.39, 0.29) is 0 Å². The van der Waals surface area contributed by atoms with E-state index in [1.54, 1.807) is 0 Å². The van der Waals surface area contributed by atoms with Crippen molar-refractivity contribution in [3.8, 4) is 0 Å². The van der Waals surface area contributed by atoms with Gasteiger partial charge >= 0.3 is 0 Å². The minimum atomic E-state index is 0.518. The molecule has 1 heterocycles. The molecule has 114 valence electrons. The molecule has 2 aromatic rings. The molecule has 0 fully saturated rings. The largest absolute Gasteiger partial charge is 0.314 e. The smallest absolute Gasteiger partial charge is 0.0406 e. The number of nitrogens with one attached hydrogen (secondary N) is 1. The van der Waals surface area contributed by atoms with Gasteiger partial charge in [-0.25, -0.2) is 0 Å². The quantitative estimate of drug-likeness (QED) is 0.656. The first-order chi connectivity index (χ1) is 10.0. The van der Waals surface area contributed by atoms with E-state index < -0.39 is 0 Å². The lowest BCUT2D eigenvalue weighted by molar-refractivity contribution is 0.446. The number of benzene rings is 1. The average molecular weight is 387 g/mol. The van der Waals surface area contributed by atoms with Gasteiger partial charge in [-0.05, 0) is 70.4 Å². The van der Waals surface area contributed by atoms with Crippen LogP contribution in [-0.4, -0.2) is 12.6 Å². The summed E-state index contributed by atoms with van der Waals surface area (Å²) in [5, 5.41) is 6.52. The average Bonchev–Trinajstić information content (AvgIpc) is 2.84. The van der Waals surface area contributed by atoms with Crippen molar-refractivity contribution in [2.75, 3.05) is 6.54 Å². The number of hydrogen-bond donors (Lipinski definition) is 1. The monoisotopic (exact) mass is 385 g/mol. The third kappa shape index (κ3) is 5.74. The maximum absolute atomic E-state index is 5.97. The third-order valence-corrected chi connectivity index (χ3v) is 5.62. The molecule has 4 heteroatoms. The highest BCUT2D eigenvalue weighted by Crippen LogP contribution is 2.27. The Balaban J connectivity index is 2.04. The van der Waals surface area contributed by atoms with Gasteiger partial charge in [0.05, 0.1) is 0 Å². The van der Waals surface area contributed by atoms with Crippen molar-refractivity contribution in [3.63, 3.8) is 0 Å². The van der Waals surface area contributed by atoms with Crippen molar-refractivity contribution in [2.45, 2.75) is 32.7 Å². The van der Waals surface area contributed by atoms with Crippen molar-refractivity contribution >= 4 is 38.9 Å². The van der Waals surface area contributed by atoms with Crippen LogP contribution in [0.25, 0.3) is 0 Å². The van der Waals surface area contributed by atoms with Gasteiger partial charge in [0.25, 0.3) is 0 Å². The van der Waals surface area contributed by atoms with Crippen LogP contribution in [0.1, 0.15) is 24.3 Å². The van der Waals surface area contributed by atoms with Crippen LogP contribution in [0.2, 0.25) is 5.02 Å². The first kappa shape index (κ1) is 17.0. The zero-order chi connectivity index (χ0) is 15.2. The summed E-state index contributed by atoms with van der Waals surface area (Å²) in [6.07, 6.45) is 2.17. The van der Waals surface area contributed by atoms with E-state index in [1.165, 1.54) is 14.9 Å². The van der Waals surface area contributed by atoms with Crippen LogP contribution >= 0.6 is 38.9 Å². The van der Waals surface area contributed by atoms with E-state index in [0.717, 1.165) is 24.4 Å². The maximum atomic E-state index is 5.97. The fraction of sp³-hybridized carbons (Fsp3) is 0.412. The molecule has 0 amide bonds. The summed E-state index contributed by atoms with van der Waals surface area (Å²) in [6.45, 7) is 5.42. The van der Waals surface area contributed by atoms with E-state index in [2.05, 4.69) is 58.7 Å². The molecule has 0 aliphatic heterocycles. The lowest BCUT2D eigenvalue weighted by Gasteiger charge is -2.19. The van der Waals surface area contributed by atoms with Gasteiger partial charge in [-0.3, -0.25) is 0 Å². The van der Waals surface area contributed by atoms with Crippen molar-refractivity contribution < 1.29 is 0 Å². The topological polar surface area (TPSA) is 12.0 Å².